The number of benzene rings is 8. The maximum atomic E-state index is 6.55. The van der Waals surface area contributed by atoms with Gasteiger partial charge in [0.2, 0.25) is 0 Å². The quantitative estimate of drug-likeness (QED) is 0.179. The fraction of sp³-hybridized carbons (Fsp3) is 0. The van der Waals surface area contributed by atoms with E-state index in [0.29, 0.717) is 17.5 Å². The summed E-state index contributed by atoms with van der Waals surface area (Å²) >= 11 is 1.79. The van der Waals surface area contributed by atoms with Crippen molar-refractivity contribution in [1.29, 1.82) is 0 Å². The third kappa shape index (κ3) is 5.17. The van der Waals surface area contributed by atoms with Crippen LogP contribution in [-0.4, -0.2) is 15.0 Å². The lowest BCUT2D eigenvalue weighted by Crippen LogP contribution is -2.00. The molecule has 0 fully saturated rings. The van der Waals surface area contributed by atoms with E-state index in [1.54, 1.807) is 11.3 Å². The minimum Gasteiger partial charge on any atom is -0.456 e. The highest BCUT2D eigenvalue weighted by Crippen LogP contribution is 2.40. The number of hydrogen-bond donors (Lipinski definition) is 0. The molecule has 0 atom stereocenters. The lowest BCUT2D eigenvalue weighted by molar-refractivity contribution is 0.669. The molecule has 4 nitrogen and oxygen atoms in total. The van der Waals surface area contributed by atoms with Crippen molar-refractivity contribution < 1.29 is 4.42 Å². The molecule has 0 bridgehead atoms. The molecule has 0 radical (unpaired) electrons. The van der Waals surface area contributed by atoms with Crippen LogP contribution in [0.1, 0.15) is 0 Å². The van der Waals surface area contributed by atoms with Gasteiger partial charge in [-0.05, 0) is 69.4 Å². The first kappa shape index (κ1) is 30.7. The summed E-state index contributed by atoms with van der Waals surface area (Å²) < 4.78 is 9.03. The molecule has 0 saturated carbocycles. The fourth-order valence-electron chi connectivity index (χ4n) is 7.63. The van der Waals surface area contributed by atoms with Crippen LogP contribution in [0.5, 0.6) is 0 Å². The minimum absolute atomic E-state index is 0.605. The molecular weight excluding hydrogens is 679 g/mol. The second kappa shape index (κ2) is 12.3. The average Bonchev–Trinajstić information content (AvgIpc) is 3.81. The van der Waals surface area contributed by atoms with Crippen molar-refractivity contribution in [2.24, 2.45) is 0 Å². The van der Waals surface area contributed by atoms with Gasteiger partial charge in [0.1, 0.15) is 11.2 Å². The Hall–Kier alpha value is -6.95. The summed E-state index contributed by atoms with van der Waals surface area (Å²) in [7, 11) is 0. The molecule has 0 unspecified atom stereocenters. The number of nitrogens with zero attached hydrogens (tertiary/aromatic N) is 3. The van der Waals surface area contributed by atoms with Crippen molar-refractivity contribution >= 4 is 64.2 Å². The first-order valence-corrected chi connectivity index (χ1v) is 18.8. The highest BCUT2D eigenvalue weighted by molar-refractivity contribution is 7.25. The SMILES string of the molecule is c1ccc(-c2ccc(-c3ccc4c(c3)oc3cccc(-c5nc(-c6ccc7ccccc7c6)nc(-c6ccc7c(c6)sc6ccccc67)n5)c34)cc2)cc1. The van der Waals surface area contributed by atoms with Gasteiger partial charge in [0.25, 0.3) is 0 Å². The highest BCUT2D eigenvalue weighted by atomic mass is 32.1. The van der Waals surface area contributed by atoms with Gasteiger partial charge < -0.3 is 4.42 Å². The van der Waals surface area contributed by atoms with Gasteiger partial charge in [0, 0.05) is 47.6 Å². The van der Waals surface area contributed by atoms with Crippen molar-refractivity contribution in [3.8, 4) is 56.4 Å². The molecule has 3 aromatic heterocycles. The normalized spacial score (nSPS) is 11.7. The summed E-state index contributed by atoms with van der Waals surface area (Å²) in [5, 5.41) is 6.82. The Balaban J connectivity index is 1.06. The predicted molar refractivity (Wildman–Crippen MR) is 225 cm³/mol. The van der Waals surface area contributed by atoms with Crippen molar-refractivity contribution in [3.05, 3.63) is 176 Å². The molecule has 8 aromatic carbocycles. The van der Waals surface area contributed by atoms with Crippen LogP contribution in [-0.2, 0) is 0 Å². The van der Waals surface area contributed by atoms with Gasteiger partial charge in [-0.1, -0.05) is 140 Å². The molecule has 0 aliphatic carbocycles. The van der Waals surface area contributed by atoms with Gasteiger partial charge in [-0.2, -0.15) is 0 Å². The standard InChI is InChI=1S/C49H29N3OS/c1-2-9-30(10-3-1)32-17-19-33(20-18-32)35-23-26-40-43(28-35)53-42-15-8-14-41(46(40)42)49-51-47(36-22-21-31-11-4-5-12-34(31)27-36)50-48(52-49)37-24-25-39-38-13-6-7-16-44(38)54-45(39)29-37/h1-29H. The van der Waals surface area contributed by atoms with E-state index in [1.807, 2.05) is 18.2 Å². The third-order valence-electron chi connectivity index (χ3n) is 10.3. The molecule has 0 saturated heterocycles. The Bertz CT molecular complexity index is 3220. The lowest BCUT2D eigenvalue weighted by Gasteiger charge is -2.10. The van der Waals surface area contributed by atoms with Crippen LogP contribution in [0.25, 0.3) is 109 Å². The molecule has 252 valence electrons. The summed E-state index contributed by atoms with van der Waals surface area (Å²) in [6.45, 7) is 0. The van der Waals surface area contributed by atoms with E-state index in [0.717, 1.165) is 55.1 Å². The summed E-state index contributed by atoms with van der Waals surface area (Å²) in [4.78, 5) is 15.5. The number of thiophene rings is 1. The molecule has 0 amide bonds. The van der Waals surface area contributed by atoms with E-state index < -0.39 is 0 Å². The van der Waals surface area contributed by atoms with E-state index in [2.05, 4.69) is 158 Å². The van der Waals surface area contributed by atoms with Crippen molar-refractivity contribution in [2.45, 2.75) is 0 Å². The molecule has 11 aromatic rings. The molecule has 3 heterocycles. The van der Waals surface area contributed by atoms with Gasteiger partial charge in [-0.25, -0.2) is 15.0 Å². The summed E-state index contributed by atoms with van der Waals surface area (Å²) in [5.74, 6) is 1.87. The zero-order valence-corrected chi connectivity index (χ0v) is 29.7. The lowest BCUT2D eigenvalue weighted by atomic mass is 9.99. The highest BCUT2D eigenvalue weighted by Gasteiger charge is 2.19. The fourth-order valence-corrected chi connectivity index (χ4v) is 8.77. The Morgan fingerprint density at radius 2 is 0.963 bits per heavy atom. The Labute approximate surface area is 314 Å². The minimum atomic E-state index is 0.605. The summed E-state index contributed by atoms with van der Waals surface area (Å²) in [5.41, 5.74) is 9.03. The third-order valence-corrected chi connectivity index (χ3v) is 11.5. The van der Waals surface area contributed by atoms with Crippen molar-refractivity contribution in [3.63, 3.8) is 0 Å². The molecule has 0 aliphatic rings. The van der Waals surface area contributed by atoms with Crippen LogP contribution in [0.3, 0.4) is 0 Å². The molecular formula is C49H29N3OS. The van der Waals surface area contributed by atoms with Gasteiger partial charge in [-0.15, -0.1) is 11.3 Å². The number of fused-ring (bicyclic) bond motifs is 7. The first-order chi connectivity index (χ1) is 26.7. The van der Waals surface area contributed by atoms with Gasteiger partial charge in [-0.3, -0.25) is 0 Å². The average molecular weight is 708 g/mol. The van der Waals surface area contributed by atoms with E-state index in [-0.39, 0.29) is 0 Å². The van der Waals surface area contributed by atoms with Gasteiger partial charge >= 0.3 is 0 Å². The van der Waals surface area contributed by atoms with Crippen LogP contribution < -0.4 is 0 Å². The number of hydrogen-bond acceptors (Lipinski definition) is 5. The molecule has 54 heavy (non-hydrogen) atoms. The molecule has 0 aliphatic heterocycles. The van der Waals surface area contributed by atoms with Crippen LogP contribution in [0.2, 0.25) is 0 Å². The van der Waals surface area contributed by atoms with Crippen LogP contribution >= 0.6 is 11.3 Å². The maximum absolute atomic E-state index is 6.55. The summed E-state index contributed by atoms with van der Waals surface area (Å²) in [6.07, 6.45) is 0. The van der Waals surface area contributed by atoms with E-state index in [9.17, 15) is 0 Å². The topological polar surface area (TPSA) is 51.8 Å². The van der Waals surface area contributed by atoms with Crippen molar-refractivity contribution in [2.75, 3.05) is 0 Å². The smallest absolute Gasteiger partial charge is 0.164 e. The Morgan fingerprint density at radius 1 is 0.352 bits per heavy atom. The zero-order valence-electron chi connectivity index (χ0n) is 28.9. The number of furan rings is 1. The Morgan fingerprint density at radius 3 is 1.81 bits per heavy atom. The molecule has 5 heteroatoms. The van der Waals surface area contributed by atoms with Gasteiger partial charge in [0.15, 0.2) is 17.5 Å². The van der Waals surface area contributed by atoms with E-state index in [1.165, 1.54) is 36.7 Å². The van der Waals surface area contributed by atoms with Gasteiger partial charge in [0.05, 0.1) is 0 Å². The molecule has 0 N–H and O–H groups in total. The van der Waals surface area contributed by atoms with Crippen LogP contribution in [0.15, 0.2) is 180 Å². The first-order valence-electron chi connectivity index (χ1n) is 18.0. The second-order valence-corrected chi connectivity index (χ2v) is 14.7. The number of aromatic nitrogens is 3. The summed E-state index contributed by atoms with van der Waals surface area (Å²) in [6, 6.07) is 61.6. The maximum Gasteiger partial charge on any atom is 0.164 e. The van der Waals surface area contributed by atoms with Crippen LogP contribution in [0.4, 0.5) is 0 Å². The van der Waals surface area contributed by atoms with Crippen LogP contribution in [0, 0.1) is 0 Å². The van der Waals surface area contributed by atoms with Crippen molar-refractivity contribution in [1.82, 2.24) is 15.0 Å². The monoisotopic (exact) mass is 707 g/mol. The molecule has 0 spiro atoms. The van der Waals surface area contributed by atoms with E-state index in [4.69, 9.17) is 19.4 Å². The largest absolute Gasteiger partial charge is 0.456 e. The Kier molecular flexibility index (Phi) is 7.00. The number of rotatable bonds is 5. The zero-order chi connectivity index (χ0) is 35.6. The molecule has 11 rings (SSSR count). The predicted octanol–water partition coefficient (Wildman–Crippen LogP) is 13.6. The van der Waals surface area contributed by atoms with E-state index >= 15 is 0 Å². The second-order valence-electron chi connectivity index (χ2n) is 13.6.